The van der Waals surface area contributed by atoms with Gasteiger partial charge in [0.05, 0.1) is 23.5 Å². The number of hydrogen-bond acceptors (Lipinski definition) is 5. The Balaban J connectivity index is 2.74. The molecule has 1 fully saturated rings. The smallest absolute Gasteiger partial charge is 0.333 e. The van der Waals surface area contributed by atoms with Crippen LogP contribution >= 0.6 is 11.8 Å². The molecule has 0 unspecified atom stereocenters. The highest BCUT2D eigenvalue weighted by atomic mass is 32.2. The van der Waals surface area contributed by atoms with Gasteiger partial charge in [0.2, 0.25) is 5.91 Å². The molecule has 16 heavy (non-hydrogen) atoms. The van der Waals surface area contributed by atoms with Gasteiger partial charge >= 0.3 is 11.9 Å². The highest BCUT2D eigenvalue weighted by Crippen LogP contribution is 2.28. The Labute approximate surface area is 96.2 Å². The zero-order chi connectivity index (χ0) is 12.1. The fraction of sp³-hybridized carbons (Fsp3) is 0.444. The Bertz CT molecular complexity index is 352. The molecule has 0 saturated carbocycles. The molecule has 7 heteroatoms. The zero-order valence-corrected chi connectivity index (χ0v) is 9.45. The molecule has 0 aliphatic carbocycles. The van der Waals surface area contributed by atoms with Crippen LogP contribution in [0.25, 0.3) is 0 Å². The monoisotopic (exact) mass is 245 g/mol. The topological polar surface area (TPSA) is 83.9 Å². The summed E-state index contributed by atoms with van der Waals surface area (Å²) in [5.74, 6) is -1.86. The number of aliphatic carboxylic acids is 1. The number of carboxylic acid groups (broad SMARTS) is 1. The average molecular weight is 245 g/mol. The van der Waals surface area contributed by atoms with Crippen molar-refractivity contribution in [3.63, 3.8) is 0 Å². The summed E-state index contributed by atoms with van der Waals surface area (Å²) in [6.07, 6.45) is 1.14. The Hall–Kier alpha value is -1.50. The van der Waals surface area contributed by atoms with E-state index in [1.54, 1.807) is 6.92 Å². The Morgan fingerprint density at radius 3 is 2.88 bits per heavy atom. The quantitative estimate of drug-likeness (QED) is 0.556. The van der Waals surface area contributed by atoms with Crippen LogP contribution in [-0.4, -0.2) is 46.8 Å². The predicted octanol–water partition coefficient (Wildman–Crippen LogP) is 0.0509. The number of carboxylic acids is 1. The average Bonchev–Trinajstić information content (AvgIpc) is 2.49. The summed E-state index contributed by atoms with van der Waals surface area (Å²) in [5.41, 5.74) is 0. The van der Waals surface area contributed by atoms with Crippen LogP contribution < -0.4 is 0 Å². The van der Waals surface area contributed by atoms with Crippen LogP contribution in [0.3, 0.4) is 0 Å². The summed E-state index contributed by atoms with van der Waals surface area (Å²) in [7, 11) is 0. The first kappa shape index (κ1) is 12.6. The molecule has 88 valence electrons. The van der Waals surface area contributed by atoms with E-state index in [2.05, 4.69) is 4.74 Å². The number of hydrogen-bond donors (Lipinski definition) is 1. The van der Waals surface area contributed by atoms with Crippen LogP contribution in [-0.2, 0) is 19.1 Å². The molecular weight excluding hydrogens is 234 g/mol. The Morgan fingerprint density at radius 1 is 1.62 bits per heavy atom. The SMILES string of the molecule is CCOC(=O)/C=C1\SCC(=O)N1CC(=O)O. The summed E-state index contributed by atoms with van der Waals surface area (Å²) in [6.45, 7) is 1.47. The maximum absolute atomic E-state index is 11.3. The maximum Gasteiger partial charge on any atom is 0.333 e. The fourth-order valence-electron chi connectivity index (χ4n) is 1.12. The molecule has 1 aliphatic heterocycles. The lowest BCUT2D eigenvalue weighted by atomic mass is 10.4. The normalized spacial score (nSPS) is 17.9. The van der Waals surface area contributed by atoms with Gasteiger partial charge in [-0.05, 0) is 6.92 Å². The third kappa shape index (κ3) is 3.27. The van der Waals surface area contributed by atoms with Crippen molar-refractivity contribution < 1.29 is 24.2 Å². The van der Waals surface area contributed by atoms with Gasteiger partial charge in [0.25, 0.3) is 0 Å². The first-order valence-corrected chi connectivity index (χ1v) is 5.56. The molecule has 1 heterocycles. The number of ether oxygens (including phenoxy) is 1. The van der Waals surface area contributed by atoms with Crippen molar-refractivity contribution in [3.8, 4) is 0 Å². The minimum Gasteiger partial charge on any atom is -0.480 e. The number of amides is 1. The molecule has 1 N–H and O–H groups in total. The second-order valence-electron chi connectivity index (χ2n) is 2.90. The molecule has 6 nitrogen and oxygen atoms in total. The van der Waals surface area contributed by atoms with Gasteiger partial charge in [-0.25, -0.2) is 4.79 Å². The predicted molar refractivity (Wildman–Crippen MR) is 56.5 cm³/mol. The molecule has 1 amide bonds. The van der Waals surface area contributed by atoms with Gasteiger partial charge in [-0.3, -0.25) is 14.5 Å². The van der Waals surface area contributed by atoms with E-state index in [1.807, 2.05) is 0 Å². The van der Waals surface area contributed by atoms with Crippen molar-refractivity contribution in [2.24, 2.45) is 0 Å². The van der Waals surface area contributed by atoms with E-state index in [9.17, 15) is 14.4 Å². The summed E-state index contributed by atoms with van der Waals surface area (Å²) < 4.78 is 4.68. The van der Waals surface area contributed by atoms with Gasteiger partial charge in [0.15, 0.2) is 0 Å². The summed E-state index contributed by atoms with van der Waals surface area (Å²) in [5, 5.41) is 8.93. The fourth-order valence-corrected chi connectivity index (χ4v) is 2.05. The van der Waals surface area contributed by atoms with Crippen LogP contribution in [0.1, 0.15) is 6.92 Å². The number of nitrogens with zero attached hydrogens (tertiary/aromatic N) is 1. The van der Waals surface area contributed by atoms with Crippen molar-refractivity contribution in [2.75, 3.05) is 18.9 Å². The van der Waals surface area contributed by atoms with Gasteiger partial charge in [0.1, 0.15) is 6.54 Å². The van der Waals surface area contributed by atoms with Gasteiger partial charge < -0.3 is 9.84 Å². The lowest BCUT2D eigenvalue weighted by Gasteiger charge is -2.13. The zero-order valence-electron chi connectivity index (χ0n) is 8.63. The summed E-state index contributed by atoms with van der Waals surface area (Å²) in [4.78, 5) is 34.0. The molecule has 0 atom stereocenters. The number of thioether (sulfide) groups is 1. The second kappa shape index (κ2) is 5.55. The first-order valence-electron chi connectivity index (χ1n) is 4.58. The first-order chi connectivity index (χ1) is 7.54. The molecule has 1 aliphatic rings. The molecule has 1 saturated heterocycles. The van der Waals surface area contributed by atoms with Crippen LogP contribution in [0.5, 0.6) is 0 Å². The molecule has 0 spiro atoms. The van der Waals surface area contributed by atoms with E-state index in [-0.39, 0.29) is 18.3 Å². The summed E-state index contributed by atoms with van der Waals surface area (Å²) in [6, 6.07) is 0. The number of carbonyl (C=O) groups is 3. The minimum atomic E-state index is -1.12. The number of esters is 1. The van der Waals surface area contributed by atoms with Crippen molar-refractivity contribution in [3.05, 3.63) is 11.1 Å². The third-order valence-electron chi connectivity index (χ3n) is 1.73. The van der Waals surface area contributed by atoms with Gasteiger partial charge in [0, 0.05) is 0 Å². The van der Waals surface area contributed by atoms with Crippen molar-refractivity contribution >= 4 is 29.6 Å². The van der Waals surface area contributed by atoms with Crippen LogP contribution in [0.2, 0.25) is 0 Å². The van der Waals surface area contributed by atoms with Gasteiger partial charge in [-0.2, -0.15) is 0 Å². The highest BCUT2D eigenvalue weighted by molar-refractivity contribution is 8.04. The van der Waals surface area contributed by atoms with E-state index in [0.29, 0.717) is 5.03 Å². The van der Waals surface area contributed by atoms with E-state index in [0.717, 1.165) is 22.7 Å². The second-order valence-corrected chi connectivity index (χ2v) is 3.89. The van der Waals surface area contributed by atoms with Crippen molar-refractivity contribution in [1.29, 1.82) is 0 Å². The van der Waals surface area contributed by atoms with Crippen LogP contribution in [0.4, 0.5) is 0 Å². The molecule has 0 aromatic rings. The van der Waals surface area contributed by atoms with Crippen LogP contribution in [0, 0.1) is 0 Å². The van der Waals surface area contributed by atoms with E-state index in [1.165, 1.54) is 0 Å². The Kier molecular flexibility index (Phi) is 4.36. The van der Waals surface area contributed by atoms with Crippen molar-refractivity contribution in [1.82, 2.24) is 4.90 Å². The molecule has 0 bridgehead atoms. The molecular formula is C9H11NO5S. The van der Waals surface area contributed by atoms with E-state index >= 15 is 0 Å². The Morgan fingerprint density at radius 2 is 2.31 bits per heavy atom. The van der Waals surface area contributed by atoms with Gasteiger partial charge in [-0.1, -0.05) is 11.8 Å². The van der Waals surface area contributed by atoms with E-state index < -0.39 is 18.5 Å². The lowest BCUT2D eigenvalue weighted by molar-refractivity contribution is -0.142. The molecule has 0 aromatic heterocycles. The van der Waals surface area contributed by atoms with Gasteiger partial charge in [-0.15, -0.1) is 0 Å². The number of rotatable bonds is 4. The molecule has 0 radical (unpaired) electrons. The standard InChI is InChI=1S/C9H11NO5S/c1-2-15-9(14)3-7-10(4-8(12)13)6(11)5-16-7/h3H,2,4-5H2,1H3,(H,12,13)/b7-3-. The summed E-state index contributed by atoms with van der Waals surface area (Å²) >= 11 is 1.13. The maximum atomic E-state index is 11.3. The van der Waals surface area contributed by atoms with Crippen LogP contribution in [0.15, 0.2) is 11.1 Å². The molecule has 1 rings (SSSR count). The largest absolute Gasteiger partial charge is 0.480 e. The third-order valence-corrected chi connectivity index (χ3v) is 2.76. The highest BCUT2D eigenvalue weighted by Gasteiger charge is 2.28. The van der Waals surface area contributed by atoms with Crippen molar-refractivity contribution in [2.45, 2.75) is 6.92 Å². The minimum absolute atomic E-state index is 0.151. The number of carbonyl (C=O) groups excluding carboxylic acids is 2. The molecule has 0 aromatic carbocycles. The lowest BCUT2D eigenvalue weighted by Crippen LogP contribution is -2.30. The van der Waals surface area contributed by atoms with E-state index in [4.69, 9.17) is 5.11 Å².